The van der Waals surface area contributed by atoms with Crippen LogP contribution in [0.2, 0.25) is 0 Å². The summed E-state index contributed by atoms with van der Waals surface area (Å²) < 4.78 is 36.1. The van der Waals surface area contributed by atoms with Crippen molar-refractivity contribution in [1.82, 2.24) is 24.1 Å². The van der Waals surface area contributed by atoms with E-state index in [-0.39, 0.29) is 10.9 Å². The lowest BCUT2D eigenvalue weighted by Gasteiger charge is -2.17. The Hall–Kier alpha value is -2.46. The molecule has 2 aromatic heterocycles. The Morgan fingerprint density at radius 2 is 1.96 bits per heavy atom. The van der Waals surface area contributed by atoms with Crippen molar-refractivity contribution >= 4 is 21.1 Å². The van der Waals surface area contributed by atoms with Crippen molar-refractivity contribution in [3.8, 4) is 0 Å². The molecule has 0 fully saturated rings. The molecule has 25 heavy (non-hydrogen) atoms. The van der Waals surface area contributed by atoms with Gasteiger partial charge in [0.1, 0.15) is 6.33 Å². The van der Waals surface area contributed by atoms with E-state index in [1.807, 2.05) is 13.8 Å². The van der Waals surface area contributed by atoms with Crippen molar-refractivity contribution in [2.24, 2.45) is 7.05 Å². The third-order valence-corrected chi connectivity index (χ3v) is 5.49. The zero-order valence-electron chi connectivity index (χ0n) is 14.3. The van der Waals surface area contributed by atoms with Gasteiger partial charge in [0.2, 0.25) is 10.0 Å². The molecule has 134 valence electrons. The second-order valence-corrected chi connectivity index (χ2v) is 7.80. The zero-order valence-corrected chi connectivity index (χ0v) is 15.1. The molecule has 0 aliphatic carbocycles. The lowest BCUT2D eigenvalue weighted by atomic mass is 10.3. The van der Waals surface area contributed by atoms with Crippen molar-refractivity contribution in [2.75, 3.05) is 0 Å². The smallest absolute Gasteiger partial charge is 0.408 e. The summed E-state index contributed by atoms with van der Waals surface area (Å²) in [5.41, 5.74) is 0.741. The molecule has 1 aromatic carbocycles. The van der Waals surface area contributed by atoms with Crippen molar-refractivity contribution in [3.05, 3.63) is 40.9 Å². The van der Waals surface area contributed by atoms with Crippen LogP contribution in [0.3, 0.4) is 0 Å². The molecule has 3 rings (SSSR count). The number of aryl methyl sites for hydroxylation is 1. The van der Waals surface area contributed by atoms with Crippen LogP contribution in [-0.4, -0.2) is 27.7 Å². The molecule has 2 heterocycles. The Bertz CT molecular complexity index is 1080. The van der Waals surface area contributed by atoms with Crippen LogP contribution in [0.25, 0.3) is 11.1 Å². The molecule has 1 N–H and O–H groups in total. The van der Waals surface area contributed by atoms with Crippen LogP contribution >= 0.6 is 0 Å². The number of aromatic nitrogens is 4. The minimum Gasteiger partial charge on any atom is -0.408 e. The molecule has 0 amide bonds. The first kappa shape index (κ1) is 17.4. The maximum atomic E-state index is 12.7. The van der Waals surface area contributed by atoms with Gasteiger partial charge in [-0.05, 0) is 39.0 Å². The summed E-state index contributed by atoms with van der Waals surface area (Å²) in [6.45, 7) is 5.62. The molecule has 1 atom stereocenters. The number of fused-ring (bicyclic) bond motifs is 1. The standard InChI is InChI=1S/C15H19N5O4S/c1-9(2)20-8-16-17-14(20)10(3)18-25(22,23)11-5-6-13-12(7-11)19(4)15(21)24-13/h5-10,18H,1-4H3/t10-/m0/s1. The number of benzene rings is 1. The van der Waals surface area contributed by atoms with Crippen molar-refractivity contribution < 1.29 is 12.8 Å². The number of sulfonamides is 1. The highest BCUT2D eigenvalue weighted by Crippen LogP contribution is 2.21. The fourth-order valence-electron chi connectivity index (χ4n) is 2.59. The van der Waals surface area contributed by atoms with Crippen LogP contribution < -0.4 is 10.5 Å². The highest BCUT2D eigenvalue weighted by molar-refractivity contribution is 7.89. The van der Waals surface area contributed by atoms with Gasteiger partial charge in [0.25, 0.3) is 0 Å². The maximum Gasteiger partial charge on any atom is 0.419 e. The molecule has 0 saturated carbocycles. The molecule has 9 nitrogen and oxygen atoms in total. The molecule has 0 spiro atoms. The van der Waals surface area contributed by atoms with E-state index in [9.17, 15) is 13.2 Å². The van der Waals surface area contributed by atoms with E-state index in [0.717, 1.165) is 0 Å². The third-order valence-electron chi connectivity index (χ3n) is 3.95. The molecular formula is C15H19N5O4S. The summed E-state index contributed by atoms with van der Waals surface area (Å²) >= 11 is 0. The number of oxazole rings is 1. The lowest BCUT2D eigenvalue weighted by molar-refractivity contribution is 0.514. The molecule has 0 saturated heterocycles. The summed E-state index contributed by atoms with van der Waals surface area (Å²) in [6.07, 6.45) is 1.57. The topological polar surface area (TPSA) is 112 Å². The molecule has 0 radical (unpaired) electrons. The SMILES string of the molecule is CC(C)n1cnnc1[C@H](C)NS(=O)(=O)c1ccc2oc(=O)n(C)c2c1. The Labute approximate surface area is 144 Å². The average molecular weight is 365 g/mol. The largest absolute Gasteiger partial charge is 0.419 e. The number of rotatable bonds is 5. The molecule has 10 heteroatoms. The van der Waals surface area contributed by atoms with Crippen LogP contribution in [0.4, 0.5) is 0 Å². The van der Waals surface area contributed by atoms with Crippen LogP contribution in [0.5, 0.6) is 0 Å². The Morgan fingerprint density at radius 3 is 2.64 bits per heavy atom. The first-order chi connectivity index (χ1) is 11.7. The number of hydrogen-bond donors (Lipinski definition) is 1. The van der Waals surface area contributed by atoms with Crippen LogP contribution in [0.15, 0.2) is 38.6 Å². The molecule has 0 aliphatic rings. The quantitative estimate of drug-likeness (QED) is 0.730. The number of nitrogens with zero attached hydrogens (tertiary/aromatic N) is 4. The van der Waals surface area contributed by atoms with Crippen molar-refractivity contribution in [2.45, 2.75) is 37.8 Å². The van der Waals surface area contributed by atoms with Crippen molar-refractivity contribution in [3.63, 3.8) is 0 Å². The van der Waals surface area contributed by atoms with Gasteiger partial charge >= 0.3 is 5.76 Å². The van der Waals surface area contributed by atoms with Gasteiger partial charge in [0.05, 0.1) is 16.5 Å². The van der Waals surface area contributed by atoms with Gasteiger partial charge in [-0.2, -0.15) is 0 Å². The minimum absolute atomic E-state index is 0.0406. The molecule has 0 unspecified atom stereocenters. The average Bonchev–Trinajstić information content (AvgIpc) is 3.13. The lowest BCUT2D eigenvalue weighted by Crippen LogP contribution is -2.29. The number of hydrogen-bond acceptors (Lipinski definition) is 6. The highest BCUT2D eigenvalue weighted by Gasteiger charge is 2.23. The van der Waals surface area contributed by atoms with E-state index in [2.05, 4.69) is 14.9 Å². The van der Waals surface area contributed by atoms with Gasteiger partial charge in [-0.15, -0.1) is 10.2 Å². The second-order valence-electron chi connectivity index (χ2n) is 6.09. The van der Waals surface area contributed by atoms with E-state index in [4.69, 9.17) is 4.42 Å². The molecular weight excluding hydrogens is 346 g/mol. The van der Waals surface area contributed by atoms with Crippen LogP contribution in [0.1, 0.15) is 38.7 Å². The Balaban J connectivity index is 1.95. The van der Waals surface area contributed by atoms with E-state index >= 15 is 0 Å². The molecule has 0 bridgehead atoms. The third kappa shape index (κ3) is 3.10. The van der Waals surface area contributed by atoms with Gasteiger partial charge in [-0.25, -0.2) is 17.9 Å². The minimum atomic E-state index is -3.82. The number of nitrogens with one attached hydrogen (secondary N) is 1. The summed E-state index contributed by atoms with van der Waals surface area (Å²) in [6, 6.07) is 3.80. The van der Waals surface area contributed by atoms with E-state index in [1.165, 1.54) is 29.8 Å². The van der Waals surface area contributed by atoms with Gasteiger partial charge in [0, 0.05) is 13.1 Å². The van der Waals surface area contributed by atoms with E-state index in [0.29, 0.717) is 16.9 Å². The highest BCUT2D eigenvalue weighted by atomic mass is 32.2. The monoisotopic (exact) mass is 365 g/mol. The Kier molecular flexibility index (Phi) is 4.25. The van der Waals surface area contributed by atoms with Gasteiger partial charge in [-0.1, -0.05) is 0 Å². The molecule has 0 aliphatic heterocycles. The van der Waals surface area contributed by atoms with Crippen LogP contribution in [0, 0.1) is 0 Å². The van der Waals surface area contributed by atoms with Gasteiger partial charge in [0.15, 0.2) is 11.4 Å². The van der Waals surface area contributed by atoms with Gasteiger partial charge in [-0.3, -0.25) is 4.57 Å². The second kappa shape index (κ2) is 6.12. The normalized spacial score (nSPS) is 13.6. The van der Waals surface area contributed by atoms with Crippen molar-refractivity contribution in [1.29, 1.82) is 0 Å². The summed E-state index contributed by atoms with van der Waals surface area (Å²) in [7, 11) is -2.30. The predicted molar refractivity (Wildman–Crippen MR) is 90.6 cm³/mol. The first-order valence-electron chi connectivity index (χ1n) is 7.72. The van der Waals surface area contributed by atoms with E-state index in [1.54, 1.807) is 17.8 Å². The predicted octanol–water partition coefficient (Wildman–Crippen LogP) is 1.34. The fourth-order valence-corrected chi connectivity index (χ4v) is 3.81. The summed E-state index contributed by atoms with van der Waals surface area (Å²) in [5, 5.41) is 7.86. The Morgan fingerprint density at radius 1 is 1.24 bits per heavy atom. The van der Waals surface area contributed by atoms with Gasteiger partial charge < -0.3 is 8.98 Å². The maximum absolute atomic E-state index is 12.7. The van der Waals surface area contributed by atoms with E-state index < -0.39 is 21.8 Å². The summed E-state index contributed by atoms with van der Waals surface area (Å²) in [5.74, 6) is -0.0220. The zero-order chi connectivity index (χ0) is 18.4. The van der Waals surface area contributed by atoms with Crippen LogP contribution in [-0.2, 0) is 17.1 Å². The molecule has 3 aromatic rings. The fraction of sp³-hybridized carbons (Fsp3) is 0.400. The first-order valence-corrected chi connectivity index (χ1v) is 9.20. The summed E-state index contributed by atoms with van der Waals surface area (Å²) in [4.78, 5) is 11.6.